The third kappa shape index (κ3) is 2.38. The maximum atomic E-state index is 6.01. The molecule has 1 heterocycles. The Morgan fingerprint density at radius 3 is 2.81 bits per heavy atom. The second kappa shape index (κ2) is 4.72. The first-order chi connectivity index (χ1) is 7.58. The van der Waals surface area contributed by atoms with E-state index in [-0.39, 0.29) is 0 Å². The Morgan fingerprint density at radius 1 is 1.38 bits per heavy atom. The largest absolute Gasteiger partial charge is 0.350 e. The first-order valence-corrected chi connectivity index (χ1v) is 6.85. The van der Waals surface area contributed by atoms with Crippen LogP contribution in [0, 0.1) is 0 Å². The molecule has 0 atom stereocenters. The van der Waals surface area contributed by atoms with Gasteiger partial charge in [-0.15, -0.1) is 0 Å². The molecule has 1 aromatic carbocycles. The summed E-state index contributed by atoms with van der Waals surface area (Å²) in [5, 5.41) is 2.79. The summed E-state index contributed by atoms with van der Waals surface area (Å²) in [6.45, 7) is 4.46. The molecule has 0 unspecified atom stereocenters. The highest BCUT2D eigenvalue weighted by molar-refractivity contribution is 7.99. The third-order valence-electron chi connectivity index (χ3n) is 2.61. The van der Waals surface area contributed by atoms with Crippen LogP contribution in [-0.4, -0.2) is 9.82 Å². The molecule has 1 aromatic heterocycles. The summed E-state index contributed by atoms with van der Waals surface area (Å²) in [7, 11) is 2.07. The number of thioether (sulfide) groups is 1. The fourth-order valence-electron chi connectivity index (χ4n) is 1.81. The SMILES string of the molecule is CC(C)SCc1cn(C)c2cc(Cl)ccc12. The average molecular weight is 254 g/mol. The molecule has 0 N–H and O–H groups in total. The zero-order chi connectivity index (χ0) is 11.7. The van der Waals surface area contributed by atoms with E-state index in [0.29, 0.717) is 5.25 Å². The van der Waals surface area contributed by atoms with Gasteiger partial charge >= 0.3 is 0 Å². The van der Waals surface area contributed by atoms with Crippen molar-refractivity contribution in [3.05, 3.63) is 35.0 Å². The van der Waals surface area contributed by atoms with E-state index in [4.69, 9.17) is 11.6 Å². The number of hydrogen-bond donors (Lipinski definition) is 0. The Hall–Kier alpha value is -0.600. The highest BCUT2D eigenvalue weighted by atomic mass is 35.5. The van der Waals surface area contributed by atoms with Crippen molar-refractivity contribution in [2.24, 2.45) is 7.05 Å². The maximum Gasteiger partial charge on any atom is 0.0495 e. The summed E-state index contributed by atoms with van der Waals surface area (Å²) in [6, 6.07) is 6.11. The summed E-state index contributed by atoms with van der Waals surface area (Å²) in [5.41, 5.74) is 2.61. The van der Waals surface area contributed by atoms with Crippen molar-refractivity contribution in [2.75, 3.05) is 0 Å². The van der Waals surface area contributed by atoms with Crippen LogP contribution in [0.15, 0.2) is 24.4 Å². The van der Waals surface area contributed by atoms with Crippen molar-refractivity contribution in [3.63, 3.8) is 0 Å². The van der Waals surface area contributed by atoms with E-state index >= 15 is 0 Å². The van der Waals surface area contributed by atoms with Gasteiger partial charge in [-0.05, 0) is 22.9 Å². The summed E-state index contributed by atoms with van der Waals surface area (Å²) < 4.78 is 2.15. The molecule has 0 aliphatic rings. The van der Waals surface area contributed by atoms with Crippen LogP contribution in [0.1, 0.15) is 19.4 Å². The zero-order valence-corrected chi connectivity index (χ0v) is 11.4. The Morgan fingerprint density at radius 2 is 2.12 bits per heavy atom. The van der Waals surface area contributed by atoms with Crippen molar-refractivity contribution in [2.45, 2.75) is 24.9 Å². The minimum absolute atomic E-state index is 0.669. The molecule has 3 heteroatoms. The van der Waals surface area contributed by atoms with Crippen molar-refractivity contribution in [1.82, 2.24) is 4.57 Å². The molecule has 2 aromatic rings. The van der Waals surface area contributed by atoms with Crippen molar-refractivity contribution in [1.29, 1.82) is 0 Å². The van der Waals surface area contributed by atoms with Crippen LogP contribution >= 0.6 is 23.4 Å². The van der Waals surface area contributed by atoms with E-state index in [1.807, 2.05) is 23.9 Å². The van der Waals surface area contributed by atoms with Gasteiger partial charge in [0.1, 0.15) is 0 Å². The van der Waals surface area contributed by atoms with E-state index in [9.17, 15) is 0 Å². The number of rotatable bonds is 3. The van der Waals surface area contributed by atoms with E-state index < -0.39 is 0 Å². The standard InChI is InChI=1S/C13H16ClNS/c1-9(2)16-8-10-7-15(3)13-6-11(14)4-5-12(10)13/h4-7,9H,8H2,1-3H3. The second-order valence-electron chi connectivity index (χ2n) is 4.29. The predicted molar refractivity (Wildman–Crippen MR) is 74.4 cm³/mol. The second-order valence-corrected chi connectivity index (χ2v) is 6.29. The maximum absolute atomic E-state index is 6.01. The quantitative estimate of drug-likeness (QED) is 0.781. The number of benzene rings is 1. The number of nitrogens with zero attached hydrogens (tertiary/aromatic N) is 1. The topological polar surface area (TPSA) is 4.93 Å². The van der Waals surface area contributed by atoms with Crippen LogP contribution in [0.5, 0.6) is 0 Å². The zero-order valence-electron chi connectivity index (χ0n) is 9.83. The predicted octanol–water partition coefficient (Wildman–Crippen LogP) is 4.47. The monoisotopic (exact) mass is 253 g/mol. The van der Waals surface area contributed by atoms with Gasteiger partial charge in [-0.2, -0.15) is 11.8 Å². The minimum atomic E-state index is 0.669. The third-order valence-corrected chi connectivity index (χ3v) is 3.99. The van der Waals surface area contributed by atoms with Gasteiger partial charge < -0.3 is 4.57 Å². The first kappa shape index (κ1) is 11.9. The summed E-state index contributed by atoms with van der Waals surface area (Å²) in [6.07, 6.45) is 2.20. The molecule has 0 saturated heterocycles. The van der Waals surface area contributed by atoms with Crippen LogP contribution in [-0.2, 0) is 12.8 Å². The molecule has 0 bridgehead atoms. The summed E-state index contributed by atoms with van der Waals surface area (Å²) in [4.78, 5) is 0. The van der Waals surface area contributed by atoms with Gasteiger partial charge in [-0.1, -0.05) is 31.5 Å². The van der Waals surface area contributed by atoms with E-state index in [1.54, 1.807) is 0 Å². The molecule has 86 valence electrons. The van der Waals surface area contributed by atoms with Crippen molar-refractivity contribution in [3.8, 4) is 0 Å². The van der Waals surface area contributed by atoms with Gasteiger partial charge in [0, 0.05) is 34.9 Å². The van der Waals surface area contributed by atoms with Crippen LogP contribution in [0.4, 0.5) is 0 Å². The normalized spacial score (nSPS) is 11.6. The molecule has 0 spiro atoms. The Labute approximate surface area is 106 Å². The fourth-order valence-corrected chi connectivity index (χ4v) is 2.72. The lowest BCUT2D eigenvalue weighted by Gasteiger charge is -2.03. The van der Waals surface area contributed by atoms with E-state index in [2.05, 4.69) is 37.7 Å². The van der Waals surface area contributed by atoms with Gasteiger partial charge in [0.25, 0.3) is 0 Å². The molecular formula is C13H16ClNS. The Kier molecular flexibility index (Phi) is 3.50. The van der Waals surface area contributed by atoms with Crippen molar-refractivity contribution >= 4 is 34.3 Å². The molecule has 0 saturated carbocycles. The van der Waals surface area contributed by atoms with Gasteiger partial charge in [-0.25, -0.2) is 0 Å². The van der Waals surface area contributed by atoms with E-state index in [0.717, 1.165) is 10.8 Å². The summed E-state index contributed by atoms with van der Waals surface area (Å²) >= 11 is 7.98. The fraction of sp³-hybridized carbons (Fsp3) is 0.385. The first-order valence-electron chi connectivity index (χ1n) is 5.43. The lowest BCUT2D eigenvalue weighted by atomic mass is 10.2. The number of aromatic nitrogens is 1. The lowest BCUT2D eigenvalue weighted by Crippen LogP contribution is -1.88. The molecule has 0 fully saturated rings. The molecule has 16 heavy (non-hydrogen) atoms. The molecular weight excluding hydrogens is 238 g/mol. The molecule has 0 radical (unpaired) electrons. The molecule has 1 nitrogen and oxygen atoms in total. The molecule has 0 amide bonds. The Bertz CT molecular complexity index is 502. The minimum Gasteiger partial charge on any atom is -0.350 e. The number of fused-ring (bicyclic) bond motifs is 1. The number of aryl methyl sites for hydroxylation is 1. The Balaban J connectivity index is 2.39. The van der Waals surface area contributed by atoms with Crippen LogP contribution in [0.25, 0.3) is 10.9 Å². The highest BCUT2D eigenvalue weighted by Gasteiger charge is 2.07. The number of hydrogen-bond acceptors (Lipinski definition) is 1. The number of halogens is 1. The van der Waals surface area contributed by atoms with Crippen molar-refractivity contribution < 1.29 is 0 Å². The molecule has 0 aliphatic carbocycles. The summed E-state index contributed by atoms with van der Waals surface area (Å²) in [5.74, 6) is 1.07. The van der Waals surface area contributed by atoms with Crippen LogP contribution in [0.2, 0.25) is 5.02 Å². The van der Waals surface area contributed by atoms with Crippen LogP contribution < -0.4 is 0 Å². The van der Waals surface area contributed by atoms with Gasteiger partial charge in [0.05, 0.1) is 0 Å². The average Bonchev–Trinajstić information content (AvgIpc) is 2.53. The highest BCUT2D eigenvalue weighted by Crippen LogP contribution is 2.28. The van der Waals surface area contributed by atoms with Gasteiger partial charge in [0.2, 0.25) is 0 Å². The van der Waals surface area contributed by atoms with E-state index in [1.165, 1.54) is 16.5 Å². The molecule has 0 aliphatic heterocycles. The van der Waals surface area contributed by atoms with Gasteiger partial charge in [-0.3, -0.25) is 0 Å². The lowest BCUT2D eigenvalue weighted by molar-refractivity contribution is 0.962. The molecule has 2 rings (SSSR count). The van der Waals surface area contributed by atoms with Gasteiger partial charge in [0.15, 0.2) is 0 Å². The van der Waals surface area contributed by atoms with Crippen LogP contribution in [0.3, 0.4) is 0 Å². The smallest absolute Gasteiger partial charge is 0.0495 e.